The van der Waals surface area contributed by atoms with Gasteiger partial charge in [0, 0.05) is 5.69 Å². The summed E-state index contributed by atoms with van der Waals surface area (Å²) in [5, 5.41) is 14.3. The first-order chi connectivity index (χ1) is 10.1. The number of carboxylic acid groups (broad SMARTS) is 1. The van der Waals surface area contributed by atoms with Crippen molar-refractivity contribution in [3.05, 3.63) is 65.7 Å². The van der Waals surface area contributed by atoms with E-state index in [1.807, 2.05) is 37.3 Å². The number of anilines is 1. The maximum Gasteiger partial charge on any atom is 0.335 e. The normalized spacial score (nSPS) is 11.5. The number of carboxylic acids is 1. The Labute approximate surface area is 122 Å². The zero-order valence-electron chi connectivity index (χ0n) is 11.5. The van der Waals surface area contributed by atoms with Crippen LogP contribution in [0.15, 0.2) is 54.6 Å². The second kappa shape index (κ2) is 6.56. The van der Waals surface area contributed by atoms with Gasteiger partial charge < -0.3 is 15.7 Å². The van der Waals surface area contributed by atoms with Gasteiger partial charge in [-0.15, -0.1) is 0 Å². The molecule has 0 aliphatic carbocycles. The lowest BCUT2D eigenvalue weighted by Crippen LogP contribution is -2.31. The molecule has 2 amide bonds. The third-order valence-corrected chi connectivity index (χ3v) is 3.04. The molecule has 0 aromatic heterocycles. The molecule has 0 spiro atoms. The fourth-order valence-electron chi connectivity index (χ4n) is 1.89. The van der Waals surface area contributed by atoms with E-state index in [1.165, 1.54) is 12.1 Å². The highest BCUT2D eigenvalue weighted by Gasteiger charge is 2.09. The van der Waals surface area contributed by atoms with Crippen LogP contribution in [0.25, 0.3) is 0 Å². The highest BCUT2D eigenvalue weighted by atomic mass is 16.4. The number of amides is 2. The highest BCUT2D eigenvalue weighted by molar-refractivity contribution is 5.91. The van der Waals surface area contributed by atoms with E-state index in [-0.39, 0.29) is 17.6 Å². The van der Waals surface area contributed by atoms with Crippen molar-refractivity contribution in [3.8, 4) is 0 Å². The maximum atomic E-state index is 11.9. The molecular formula is C16H16N2O3. The lowest BCUT2D eigenvalue weighted by Gasteiger charge is -2.15. The van der Waals surface area contributed by atoms with Crippen molar-refractivity contribution in [3.63, 3.8) is 0 Å². The number of hydrogen-bond acceptors (Lipinski definition) is 2. The smallest absolute Gasteiger partial charge is 0.335 e. The summed E-state index contributed by atoms with van der Waals surface area (Å²) in [7, 11) is 0. The molecule has 0 aliphatic heterocycles. The molecule has 0 heterocycles. The van der Waals surface area contributed by atoms with E-state index in [2.05, 4.69) is 10.6 Å². The monoisotopic (exact) mass is 284 g/mol. The number of urea groups is 1. The Bertz CT molecular complexity index is 624. The zero-order chi connectivity index (χ0) is 15.2. The van der Waals surface area contributed by atoms with Crippen LogP contribution >= 0.6 is 0 Å². The summed E-state index contributed by atoms with van der Waals surface area (Å²) >= 11 is 0. The van der Waals surface area contributed by atoms with Crippen LogP contribution in [0.5, 0.6) is 0 Å². The van der Waals surface area contributed by atoms with Gasteiger partial charge in [-0.3, -0.25) is 0 Å². The van der Waals surface area contributed by atoms with Gasteiger partial charge in [0.2, 0.25) is 0 Å². The Hall–Kier alpha value is -2.82. The van der Waals surface area contributed by atoms with Crippen molar-refractivity contribution >= 4 is 17.7 Å². The molecule has 0 fully saturated rings. The molecule has 5 heteroatoms. The van der Waals surface area contributed by atoms with E-state index in [4.69, 9.17) is 5.11 Å². The fraction of sp³-hybridized carbons (Fsp3) is 0.125. The standard InChI is InChI=1S/C16H16N2O3/c1-11(12-5-3-2-4-6-12)17-16(21)18-14-9-7-13(8-10-14)15(19)20/h2-11H,1H3,(H,19,20)(H2,17,18,21). The first-order valence-corrected chi connectivity index (χ1v) is 6.52. The van der Waals surface area contributed by atoms with Gasteiger partial charge in [-0.25, -0.2) is 9.59 Å². The van der Waals surface area contributed by atoms with Gasteiger partial charge in [-0.1, -0.05) is 30.3 Å². The Balaban J connectivity index is 1.94. The SMILES string of the molecule is CC(NC(=O)Nc1ccc(C(=O)O)cc1)c1ccccc1. The number of carbonyl (C=O) groups excluding carboxylic acids is 1. The first-order valence-electron chi connectivity index (χ1n) is 6.52. The van der Waals surface area contributed by atoms with Gasteiger partial charge in [-0.2, -0.15) is 0 Å². The van der Waals surface area contributed by atoms with Crippen LogP contribution in [0, 0.1) is 0 Å². The number of nitrogens with one attached hydrogen (secondary N) is 2. The molecule has 5 nitrogen and oxygen atoms in total. The summed E-state index contributed by atoms with van der Waals surface area (Å²) in [6.45, 7) is 1.89. The predicted octanol–water partition coefficient (Wildman–Crippen LogP) is 3.27. The van der Waals surface area contributed by atoms with E-state index < -0.39 is 5.97 Å². The Morgan fingerprint density at radius 3 is 2.19 bits per heavy atom. The van der Waals surface area contributed by atoms with Gasteiger partial charge in [0.25, 0.3) is 0 Å². The van der Waals surface area contributed by atoms with Crippen molar-refractivity contribution in [1.29, 1.82) is 0 Å². The van der Waals surface area contributed by atoms with Crippen molar-refractivity contribution in [1.82, 2.24) is 5.32 Å². The average molecular weight is 284 g/mol. The first kappa shape index (κ1) is 14.6. The third-order valence-electron chi connectivity index (χ3n) is 3.04. The van der Waals surface area contributed by atoms with Gasteiger partial charge >= 0.3 is 12.0 Å². The molecule has 0 aliphatic rings. The summed E-state index contributed by atoms with van der Waals surface area (Å²) in [6, 6.07) is 15.1. The van der Waals surface area contributed by atoms with Gasteiger partial charge in [0.05, 0.1) is 11.6 Å². The fourth-order valence-corrected chi connectivity index (χ4v) is 1.89. The summed E-state index contributed by atoms with van der Waals surface area (Å²) < 4.78 is 0. The Morgan fingerprint density at radius 1 is 1.00 bits per heavy atom. The van der Waals surface area contributed by atoms with Crippen molar-refractivity contribution in [2.75, 3.05) is 5.32 Å². The summed E-state index contributed by atoms with van der Waals surface area (Å²) in [5.74, 6) is -0.997. The number of aromatic carboxylic acids is 1. The molecule has 0 saturated heterocycles. The summed E-state index contributed by atoms with van der Waals surface area (Å²) in [5.41, 5.74) is 1.73. The predicted molar refractivity (Wildman–Crippen MR) is 80.4 cm³/mol. The minimum atomic E-state index is -0.997. The second-order valence-electron chi connectivity index (χ2n) is 4.61. The average Bonchev–Trinajstić information content (AvgIpc) is 2.48. The molecule has 1 atom stereocenters. The van der Waals surface area contributed by atoms with Crippen molar-refractivity contribution in [2.24, 2.45) is 0 Å². The summed E-state index contributed by atoms with van der Waals surface area (Å²) in [6.07, 6.45) is 0. The van der Waals surface area contributed by atoms with Crippen LogP contribution < -0.4 is 10.6 Å². The topological polar surface area (TPSA) is 78.4 Å². The molecule has 2 aromatic carbocycles. The number of hydrogen-bond donors (Lipinski definition) is 3. The lowest BCUT2D eigenvalue weighted by atomic mass is 10.1. The lowest BCUT2D eigenvalue weighted by molar-refractivity contribution is 0.0697. The number of benzene rings is 2. The van der Waals surface area contributed by atoms with Crippen LogP contribution in [0.1, 0.15) is 28.9 Å². The van der Waals surface area contributed by atoms with Crippen LogP contribution in [-0.2, 0) is 0 Å². The quantitative estimate of drug-likeness (QED) is 0.806. The minimum absolute atomic E-state index is 0.121. The van der Waals surface area contributed by atoms with Crippen molar-refractivity contribution < 1.29 is 14.7 Å². The van der Waals surface area contributed by atoms with Gasteiger partial charge in [-0.05, 0) is 36.8 Å². The molecule has 0 saturated carbocycles. The molecule has 0 radical (unpaired) electrons. The highest BCUT2D eigenvalue weighted by Crippen LogP contribution is 2.13. The Kier molecular flexibility index (Phi) is 4.56. The third kappa shape index (κ3) is 4.07. The van der Waals surface area contributed by atoms with Gasteiger partial charge in [0.1, 0.15) is 0 Å². The van der Waals surface area contributed by atoms with Gasteiger partial charge in [0.15, 0.2) is 0 Å². The van der Waals surface area contributed by atoms with E-state index in [0.29, 0.717) is 5.69 Å². The van der Waals surface area contributed by atoms with Crippen LogP contribution in [-0.4, -0.2) is 17.1 Å². The van der Waals surface area contributed by atoms with E-state index in [0.717, 1.165) is 5.56 Å². The zero-order valence-corrected chi connectivity index (χ0v) is 11.5. The molecular weight excluding hydrogens is 268 g/mol. The molecule has 108 valence electrons. The number of rotatable bonds is 4. The maximum absolute atomic E-state index is 11.9. The van der Waals surface area contributed by atoms with Crippen molar-refractivity contribution in [2.45, 2.75) is 13.0 Å². The van der Waals surface area contributed by atoms with Crippen LogP contribution in [0.4, 0.5) is 10.5 Å². The second-order valence-corrected chi connectivity index (χ2v) is 4.61. The Morgan fingerprint density at radius 2 is 1.62 bits per heavy atom. The molecule has 0 bridgehead atoms. The largest absolute Gasteiger partial charge is 0.478 e. The minimum Gasteiger partial charge on any atom is -0.478 e. The van der Waals surface area contributed by atoms with Crippen LogP contribution in [0.3, 0.4) is 0 Å². The van der Waals surface area contributed by atoms with Crippen LogP contribution in [0.2, 0.25) is 0 Å². The van der Waals surface area contributed by atoms with E-state index in [1.54, 1.807) is 12.1 Å². The summed E-state index contributed by atoms with van der Waals surface area (Å²) in [4.78, 5) is 22.6. The number of carbonyl (C=O) groups is 2. The molecule has 3 N–H and O–H groups in total. The molecule has 1 unspecified atom stereocenters. The van der Waals surface area contributed by atoms with E-state index in [9.17, 15) is 9.59 Å². The van der Waals surface area contributed by atoms with E-state index >= 15 is 0 Å². The molecule has 2 rings (SSSR count). The molecule has 21 heavy (non-hydrogen) atoms. The molecule has 2 aromatic rings.